The van der Waals surface area contributed by atoms with Crippen molar-refractivity contribution >= 4 is 32.3 Å². The van der Waals surface area contributed by atoms with Gasteiger partial charge in [-0.1, -0.05) is 29.8 Å². The predicted octanol–water partition coefficient (Wildman–Crippen LogP) is 4.03. The summed E-state index contributed by atoms with van der Waals surface area (Å²) < 4.78 is 25.3. The van der Waals surface area contributed by atoms with Gasteiger partial charge in [0, 0.05) is 10.4 Å². The van der Waals surface area contributed by atoms with E-state index in [4.69, 9.17) is 11.6 Å². The molecular weight excluding hydrogens is 306 g/mol. The van der Waals surface area contributed by atoms with Crippen molar-refractivity contribution < 1.29 is 8.42 Å². The number of fused-ring (bicyclic) bond motifs is 1. The summed E-state index contributed by atoms with van der Waals surface area (Å²) in [6, 6.07) is 15.2. The molecular formula is C16H12ClNO2S. The lowest BCUT2D eigenvalue weighted by atomic mass is 10.1. The quantitative estimate of drug-likeness (QED) is 0.717. The van der Waals surface area contributed by atoms with Crippen LogP contribution in [0, 0.1) is 6.92 Å². The Kier molecular flexibility index (Phi) is 3.43. The van der Waals surface area contributed by atoms with E-state index in [9.17, 15) is 8.42 Å². The molecule has 3 nitrogen and oxygen atoms in total. The molecule has 0 fully saturated rings. The third kappa shape index (κ3) is 2.52. The molecule has 3 aromatic rings. The number of rotatable bonds is 2. The molecule has 0 aliphatic rings. The van der Waals surface area contributed by atoms with Gasteiger partial charge in [-0.15, -0.1) is 0 Å². The average molecular weight is 318 g/mol. The summed E-state index contributed by atoms with van der Waals surface area (Å²) in [6.07, 6.45) is 0. The molecule has 1 aromatic heterocycles. The smallest absolute Gasteiger partial charge is 0.223 e. The van der Waals surface area contributed by atoms with Gasteiger partial charge in [-0.2, -0.15) is 0 Å². The van der Waals surface area contributed by atoms with Crippen LogP contribution in [-0.4, -0.2) is 13.4 Å². The highest BCUT2D eigenvalue weighted by molar-refractivity contribution is 7.91. The number of pyridine rings is 1. The monoisotopic (exact) mass is 317 g/mol. The number of halogens is 1. The van der Waals surface area contributed by atoms with Crippen LogP contribution in [0.2, 0.25) is 5.02 Å². The van der Waals surface area contributed by atoms with Crippen molar-refractivity contribution in [3.05, 3.63) is 65.2 Å². The number of aryl methyl sites for hydroxylation is 1. The van der Waals surface area contributed by atoms with Crippen molar-refractivity contribution in [1.29, 1.82) is 0 Å². The number of hydrogen-bond acceptors (Lipinski definition) is 3. The van der Waals surface area contributed by atoms with Gasteiger partial charge < -0.3 is 0 Å². The van der Waals surface area contributed by atoms with Crippen LogP contribution in [0.5, 0.6) is 0 Å². The zero-order chi connectivity index (χ0) is 15.0. The molecule has 5 heteroatoms. The minimum Gasteiger partial charge on any atom is -0.236 e. The highest BCUT2D eigenvalue weighted by atomic mass is 35.5. The SMILES string of the molecule is Cc1cc(S(=O)(=O)c2ccc(Cl)cc2)nc2ccccc12. The number of sulfone groups is 1. The number of para-hydroxylation sites is 1. The summed E-state index contributed by atoms with van der Waals surface area (Å²) >= 11 is 5.80. The lowest BCUT2D eigenvalue weighted by Crippen LogP contribution is -2.05. The molecule has 0 amide bonds. The minimum atomic E-state index is -3.64. The van der Waals surface area contributed by atoms with E-state index in [0.717, 1.165) is 10.9 Å². The molecule has 0 saturated heterocycles. The largest absolute Gasteiger partial charge is 0.236 e. The maximum absolute atomic E-state index is 12.6. The molecule has 1 heterocycles. The van der Waals surface area contributed by atoms with Crippen LogP contribution in [0.25, 0.3) is 10.9 Å². The van der Waals surface area contributed by atoms with Crippen molar-refractivity contribution in [2.45, 2.75) is 16.8 Å². The molecule has 0 aliphatic heterocycles. The Morgan fingerprint density at radius 1 is 1.00 bits per heavy atom. The third-order valence-electron chi connectivity index (χ3n) is 3.30. The number of aromatic nitrogens is 1. The van der Waals surface area contributed by atoms with Crippen LogP contribution in [0.15, 0.2) is 64.5 Å². The first kappa shape index (κ1) is 14.0. The van der Waals surface area contributed by atoms with E-state index in [1.54, 1.807) is 18.2 Å². The van der Waals surface area contributed by atoms with E-state index >= 15 is 0 Å². The zero-order valence-corrected chi connectivity index (χ0v) is 12.8. The lowest BCUT2D eigenvalue weighted by molar-refractivity contribution is 0.593. The molecule has 0 unspecified atom stereocenters. The van der Waals surface area contributed by atoms with Gasteiger partial charge in [0.15, 0.2) is 5.03 Å². The van der Waals surface area contributed by atoms with Gasteiger partial charge in [0.2, 0.25) is 9.84 Å². The first-order valence-electron chi connectivity index (χ1n) is 6.35. The van der Waals surface area contributed by atoms with Gasteiger partial charge in [-0.3, -0.25) is 0 Å². The maximum atomic E-state index is 12.6. The van der Waals surface area contributed by atoms with Gasteiger partial charge in [0.05, 0.1) is 10.4 Å². The molecule has 0 atom stereocenters. The molecule has 0 N–H and O–H groups in total. The Bertz CT molecular complexity index is 919. The normalized spacial score (nSPS) is 11.7. The van der Waals surface area contributed by atoms with Crippen molar-refractivity contribution in [3.63, 3.8) is 0 Å². The number of benzene rings is 2. The topological polar surface area (TPSA) is 47.0 Å². The summed E-state index contributed by atoms with van der Waals surface area (Å²) in [4.78, 5) is 4.47. The molecule has 0 spiro atoms. The second-order valence-electron chi connectivity index (χ2n) is 4.75. The summed E-state index contributed by atoms with van der Waals surface area (Å²) in [5.74, 6) is 0. The van der Waals surface area contributed by atoms with E-state index < -0.39 is 9.84 Å². The predicted molar refractivity (Wildman–Crippen MR) is 83.4 cm³/mol. The first-order valence-corrected chi connectivity index (χ1v) is 8.21. The molecule has 2 aromatic carbocycles. The van der Waals surface area contributed by atoms with Crippen LogP contribution in [-0.2, 0) is 9.84 Å². The Morgan fingerprint density at radius 2 is 1.67 bits per heavy atom. The Morgan fingerprint density at radius 3 is 2.38 bits per heavy atom. The van der Waals surface area contributed by atoms with Gasteiger partial charge in [-0.25, -0.2) is 13.4 Å². The lowest BCUT2D eigenvalue weighted by Gasteiger charge is -2.08. The Labute approximate surface area is 128 Å². The second kappa shape index (κ2) is 5.13. The molecule has 0 aliphatic carbocycles. The molecule has 0 radical (unpaired) electrons. The van der Waals surface area contributed by atoms with Crippen LogP contribution in [0.4, 0.5) is 0 Å². The van der Waals surface area contributed by atoms with Crippen molar-refractivity contribution in [2.24, 2.45) is 0 Å². The van der Waals surface area contributed by atoms with E-state index in [2.05, 4.69) is 4.98 Å². The van der Waals surface area contributed by atoms with Crippen LogP contribution < -0.4 is 0 Å². The number of nitrogens with zero attached hydrogens (tertiary/aromatic N) is 1. The molecule has 21 heavy (non-hydrogen) atoms. The maximum Gasteiger partial charge on any atom is 0.223 e. The highest BCUT2D eigenvalue weighted by Crippen LogP contribution is 2.25. The third-order valence-corrected chi connectivity index (χ3v) is 5.20. The van der Waals surface area contributed by atoms with E-state index in [-0.39, 0.29) is 9.92 Å². The van der Waals surface area contributed by atoms with Gasteiger partial charge in [-0.05, 0) is 48.9 Å². The summed E-state index contributed by atoms with van der Waals surface area (Å²) in [5.41, 5.74) is 1.55. The van der Waals surface area contributed by atoms with Crippen molar-refractivity contribution in [2.75, 3.05) is 0 Å². The average Bonchev–Trinajstić information content (AvgIpc) is 2.47. The second-order valence-corrected chi connectivity index (χ2v) is 7.08. The van der Waals surface area contributed by atoms with E-state index in [1.165, 1.54) is 12.1 Å². The van der Waals surface area contributed by atoms with E-state index in [1.807, 2.05) is 31.2 Å². The van der Waals surface area contributed by atoms with Crippen molar-refractivity contribution in [3.8, 4) is 0 Å². The van der Waals surface area contributed by atoms with E-state index in [0.29, 0.717) is 10.5 Å². The summed E-state index contributed by atoms with van der Waals surface area (Å²) in [6.45, 7) is 1.88. The van der Waals surface area contributed by atoms with Gasteiger partial charge >= 0.3 is 0 Å². The summed E-state index contributed by atoms with van der Waals surface area (Å²) in [7, 11) is -3.64. The fraction of sp³-hybridized carbons (Fsp3) is 0.0625. The van der Waals surface area contributed by atoms with Gasteiger partial charge in [0.1, 0.15) is 0 Å². The first-order chi connectivity index (χ1) is 9.98. The Hall–Kier alpha value is -1.91. The van der Waals surface area contributed by atoms with Gasteiger partial charge in [0.25, 0.3) is 0 Å². The fourth-order valence-corrected chi connectivity index (χ4v) is 3.60. The number of hydrogen-bond donors (Lipinski definition) is 0. The summed E-state index contributed by atoms with van der Waals surface area (Å²) in [5, 5.41) is 1.50. The molecule has 3 rings (SSSR count). The van der Waals surface area contributed by atoms with Crippen LogP contribution >= 0.6 is 11.6 Å². The highest BCUT2D eigenvalue weighted by Gasteiger charge is 2.20. The zero-order valence-electron chi connectivity index (χ0n) is 11.2. The molecule has 0 saturated carbocycles. The molecule has 0 bridgehead atoms. The van der Waals surface area contributed by atoms with Crippen molar-refractivity contribution in [1.82, 2.24) is 4.98 Å². The standard InChI is InChI=1S/C16H12ClNO2S/c1-11-10-16(18-15-5-3-2-4-14(11)15)21(19,20)13-8-6-12(17)7-9-13/h2-10H,1H3. The fourth-order valence-electron chi connectivity index (χ4n) is 2.19. The van der Waals surface area contributed by atoms with Crippen LogP contribution in [0.3, 0.4) is 0 Å². The molecule has 106 valence electrons. The van der Waals surface area contributed by atoms with Crippen LogP contribution in [0.1, 0.15) is 5.56 Å². The Balaban J connectivity index is 2.21. The minimum absolute atomic E-state index is 0.0565.